The van der Waals surface area contributed by atoms with E-state index < -0.39 is 29.4 Å². The maximum absolute atomic E-state index is 12.8. The first-order valence-corrected chi connectivity index (χ1v) is 6.66. The Kier molecular flexibility index (Phi) is 4.63. The SMILES string of the molecule is O=C(O)CCc1cc(-c2cc(C(F)(F)F)cc(C(F)(F)F)c2)c[nH]1. The molecule has 0 atom stereocenters. The molecule has 0 spiro atoms. The number of aryl methyl sites for hydroxylation is 1. The Morgan fingerprint density at radius 2 is 1.46 bits per heavy atom. The second-order valence-corrected chi connectivity index (χ2v) is 5.10. The van der Waals surface area contributed by atoms with Crippen molar-refractivity contribution in [2.45, 2.75) is 25.2 Å². The van der Waals surface area contributed by atoms with E-state index in [1.165, 1.54) is 12.3 Å². The molecular formula is C15H11F6NO2. The smallest absolute Gasteiger partial charge is 0.416 e. The summed E-state index contributed by atoms with van der Waals surface area (Å²) < 4.78 is 77.0. The summed E-state index contributed by atoms with van der Waals surface area (Å²) in [7, 11) is 0. The molecule has 2 rings (SSSR count). The number of hydrogen-bond acceptors (Lipinski definition) is 1. The zero-order valence-electron chi connectivity index (χ0n) is 11.9. The lowest BCUT2D eigenvalue weighted by Gasteiger charge is -2.13. The fraction of sp³-hybridized carbons (Fsp3) is 0.267. The molecule has 2 N–H and O–H groups in total. The summed E-state index contributed by atoms with van der Waals surface area (Å²) >= 11 is 0. The first-order valence-electron chi connectivity index (χ1n) is 6.66. The van der Waals surface area contributed by atoms with Crippen molar-refractivity contribution in [3.63, 3.8) is 0 Å². The molecule has 9 heteroatoms. The zero-order chi connectivity index (χ0) is 18.1. The Morgan fingerprint density at radius 3 is 1.92 bits per heavy atom. The van der Waals surface area contributed by atoms with Gasteiger partial charge in [0.05, 0.1) is 17.5 Å². The van der Waals surface area contributed by atoms with E-state index in [1.54, 1.807) is 0 Å². The molecule has 24 heavy (non-hydrogen) atoms. The minimum Gasteiger partial charge on any atom is -0.481 e. The summed E-state index contributed by atoms with van der Waals surface area (Å²) in [6.45, 7) is 0. The highest BCUT2D eigenvalue weighted by molar-refractivity contribution is 5.68. The summed E-state index contributed by atoms with van der Waals surface area (Å²) in [5, 5.41) is 8.59. The Hall–Kier alpha value is -2.45. The number of carboxylic acid groups (broad SMARTS) is 1. The topological polar surface area (TPSA) is 53.1 Å². The molecule has 130 valence electrons. The normalized spacial score (nSPS) is 12.4. The highest BCUT2D eigenvalue weighted by atomic mass is 19.4. The van der Waals surface area contributed by atoms with Gasteiger partial charge < -0.3 is 10.1 Å². The summed E-state index contributed by atoms with van der Waals surface area (Å²) in [5.41, 5.74) is -2.54. The monoisotopic (exact) mass is 351 g/mol. The summed E-state index contributed by atoms with van der Waals surface area (Å²) in [5.74, 6) is -1.07. The molecule has 0 aliphatic carbocycles. The average Bonchev–Trinajstić information content (AvgIpc) is 2.91. The molecule has 0 saturated heterocycles. The van der Waals surface area contributed by atoms with E-state index in [4.69, 9.17) is 5.11 Å². The summed E-state index contributed by atoms with van der Waals surface area (Å²) in [6, 6.07) is 2.64. The highest BCUT2D eigenvalue weighted by Crippen LogP contribution is 2.38. The molecule has 0 unspecified atom stereocenters. The van der Waals surface area contributed by atoms with Crippen molar-refractivity contribution in [1.82, 2.24) is 4.98 Å². The molecule has 0 aliphatic heterocycles. The fourth-order valence-electron chi connectivity index (χ4n) is 2.12. The molecule has 0 radical (unpaired) electrons. The second-order valence-electron chi connectivity index (χ2n) is 5.10. The Bertz CT molecular complexity index is 713. The van der Waals surface area contributed by atoms with Gasteiger partial charge in [-0.2, -0.15) is 26.3 Å². The Labute approximate surface area is 131 Å². The van der Waals surface area contributed by atoms with Crippen molar-refractivity contribution in [2.75, 3.05) is 0 Å². The van der Waals surface area contributed by atoms with Crippen LogP contribution in [0.2, 0.25) is 0 Å². The highest BCUT2D eigenvalue weighted by Gasteiger charge is 2.37. The lowest BCUT2D eigenvalue weighted by atomic mass is 10.0. The van der Waals surface area contributed by atoms with Gasteiger partial charge in [-0.25, -0.2) is 0 Å². The van der Waals surface area contributed by atoms with Crippen molar-refractivity contribution >= 4 is 5.97 Å². The molecule has 0 bridgehead atoms. The molecule has 0 aliphatic rings. The van der Waals surface area contributed by atoms with Gasteiger partial charge in [-0.15, -0.1) is 0 Å². The quantitative estimate of drug-likeness (QED) is 0.782. The van der Waals surface area contributed by atoms with E-state index in [0.29, 0.717) is 17.8 Å². The van der Waals surface area contributed by atoms with Gasteiger partial charge in [-0.3, -0.25) is 4.79 Å². The van der Waals surface area contributed by atoms with Crippen LogP contribution >= 0.6 is 0 Å². The van der Waals surface area contributed by atoms with Gasteiger partial charge in [0.2, 0.25) is 0 Å². The largest absolute Gasteiger partial charge is 0.481 e. The van der Waals surface area contributed by atoms with E-state index >= 15 is 0 Å². The van der Waals surface area contributed by atoms with Crippen molar-refractivity contribution < 1.29 is 36.2 Å². The maximum Gasteiger partial charge on any atom is 0.416 e. The van der Waals surface area contributed by atoms with Crippen LogP contribution in [0.1, 0.15) is 23.2 Å². The third-order valence-electron chi connectivity index (χ3n) is 3.27. The number of halogens is 6. The minimum absolute atomic E-state index is 0.0570. The number of aromatic nitrogens is 1. The summed E-state index contributed by atoms with van der Waals surface area (Å²) in [6.07, 6.45) is -8.72. The van der Waals surface area contributed by atoms with Crippen LogP contribution in [0.5, 0.6) is 0 Å². The number of carboxylic acids is 1. The van der Waals surface area contributed by atoms with Gasteiger partial charge in [0.25, 0.3) is 0 Å². The molecule has 0 saturated carbocycles. The lowest BCUT2D eigenvalue weighted by molar-refractivity contribution is -0.143. The van der Waals surface area contributed by atoms with Crippen LogP contribution < -0.4 is 0 Å². The average molecular weight is 351 g/mol. The number of aromatic amines is 1. The van der Waals surface area contributed by atoms with Crippen molar-refractivity contribution in [1.29, 1.82) is 0 Å². The van der Waals surface area contributed by atoms with Gasteiger partial charge in [-0.05, 0) is 41.8 Å². The standard InChI is InChI=1S/C15H11F6NO2/c16-14(17,18)10-3-8(4-11(6-10)15(19,20)21)9-5-12(22-7-9)1-2-13(23)24/h3-7,22H,1-2H2,(H,23,24). The van der Waals surface area contributed by atoms with Gasteiger partial charge in [-0.1, -0.05) is 0 Å². The number of benzene rings is 1. The first-order chi connectivity index (χ1) is 11.0. The summed E-state index contributed by atoms with van der Waals surface area (Å²) in [4.78, 5) is 13.1. The third-order valence-corrected chi connectivity index (χ3v) is 3.27. The minimum atomic E-state index is -4.92. The van der Waals surface area contributed by atoms with E-state index in [-0.39, 0.29) is 30.0 Å². The van der Waals surface area contributed by atoms with Crippen LogP contribution in [0.3, 0.4) is 0 Å². The number of alkyl halides is 6. The van der Waals surface area contributed by atoms with Crippen LogP contribution in [0, 0.1) is 0 Å². The second kappa shape index (κ2) is 6.21. The molecule has 3 nitrogen and oxygen atoms in total. The van der Waals surface area contributed by atoms with Gasteiger partial charge in [0.15, 0.2) is 0 Å². The number of nitrogens with one attached hydrogen (secondary N) is 1. The van der Waals surface area contributed by atoms with Crippen molar-refractivity contribution in [3.8, 4) is 11.1 Å². The molecule has 2 aromatic rings. The van der Waals surface area contributed by atoms with Gasteiger partial charge >= 0.3 is 18.3 Å². The van der Waals surface area contributed by atoms with Crippen molar-refractivity contribution in [2.24, 2.45) is 0 Å². The molecule has 1 aromatic heterocycles. The molecule has 1 heterocycles. The third kappa shape index (κ3) is 4.30. The number of H-pyrrole nitrogens is 1. The lowest BCUT2D eigenvalue weighted by Crippen LogP contribution is -2.11. The number of rotatable bonds is 4. The fourth-order valence-corrected chi connectivity index (χ4v) is 2.12. The predicted octanol–water partition coefficient (Wildman–Crippen LogP) is 4.74. The van der Waals surface area contributed by atoms with E-state index in [0.717, 1.165) is 0 Å². The van der Waals surface area contributed by atoms with E-state index in [9.17, 15) is 31.1 Å². The van der Waals surface area contributed by atoms with Gasteiger partial charge in [0.1, 0.15) is 0 Å². The Balaban J connectivity index is 2.44. The number of carbonyl (C=O) groups is 1. The molecular weight excluding hydrogens is 340 g/mol. The van der Waals surface area contributed by atoms with E-state index in [2.05, 4.69) is 4.98 Å². The van der Waals surface area contributed by atoms with E-state index in [1.807, 2.05) is 0 Å². The molecule has 1 aromatic carbocycles. The molecule has 0 fully saturated rings. The van der Waals surface area contributed by atoms with Gasteiger partial charge in [0, 0.05) is 11.9 Å². The van der Waals surface area contributed by atoms with Crippen LogP contribution in [0.4, 0.5) is 26.3 Å². The maximum atomic E-state index is 12.8. The van der Waals surface area contributed by atoms with Crippen LogP contribution in [0.15, 0.2) is 30.5 Å². The number of hydrogen-bond donors (Lipinski definition) is 2. The Morgan fingerprint density at radius 1 is 0.917 bits per heavy atom. The number of aliphatic carboxylic acids is 1. The zero-order valence-corrected chi connectivity index (χ0v) is 11.9. The molecule has 0 amide bonds. The first kappa shape index (κ1) is 17.9. The van der Waals surface area contributed by atoms with Crippen molar-refractivity contribution in [3.05, 3.63) is 47.3 Å². The predicted molar refractivity (Wildman–Crippen MR) is 72.2 cm³/mol. The van der Waals surface area contributed by atoms with Crippen LogP contribution in [-0.2, 0) is 23.6 Å². The van der Waals surface area contributed by atoms with Crippen LogP contribution in [0.25, 0.3) is 11.1 Å². The van der Waals surface area contributed by atoms with Crippen LogP contribution in [-0.4, -0.2) is 16.1 Å².